The second kappa shape index (κ2) is 11.0. The van der Waals surface area contributed by atoms with Crippen LogP contribution in [0.1, 0.15) is 0 Å². The molecule has 0 N–H and O–H groups in total. The first-order valence-electron chi connectivity index (χ1n) is 16.4. The number of nitrogens with zero attached hydrogens (tertiary/aromatic N) is 3. The van der Waals surface area contributed by atoms with E-state index in [0.717, 1.165) is 60.5 Å². The van der Waals surface area contributed by atoms with Crippen LogP contribution < -0.4 is 0 Å². The Labute approximate surface area is 282 Å². The van der Waals surface area contributed by atoms with E-state index in [1.165, 1.54) is 21.5 Å². The number of fused-ring (bicyclic) bond motifs is 8. The van der Waals surface area contributed by atoms with Gasteiger partial charge in [-0.1, -0.05) is 146 Å². The number of hydrogen-bond acceptors (Lipinski definition) is 4. The molecule has 0 spiro atoms. The third-order valence-corrected chi connectivity index (χ3v) is 9.51. The van der Waals surface area contributed by atoms with E-state index in [1.807, 2.05) is 60.7 Å². The molecule has 0 saturated heterocycles. The minimum absolute atomic E-state index is 0.644. The van der Waals surface area contributed by atoms with Gasteiger partial charge < -0.3 is 4.42 Å². The van der Waals surface area contributed by atoms with Gasteiger partial charge in [-0.05, 0) is 56.3 Å². The van der Waals surface area contributed by atoms with Crippen LogP contribution in [-0.4, -0.2) is 15.0 Å². The van der Waals surface area contributed by atoms with Crippen LogP contribution in [0.25, 0.3) is 99.5 Å². The van der Waals surface area contributed by atoms with E-state index in [-0.39, 0.29) is 0 Å². The molecule has 0 fully saturated rings. The van der Waals surface area contributed by atoms with Crippen molar-refractivity contribution in [3.05, 3.63) is 164 Å². The zero-order chi connectivity index (χ0) is 32.3. The highest BCUT2D eigenvalue weighted by atomic mass is 16.3. The van der Waals surface area contributed by atoms with Crippen molar-refractivity contribution in [3.63, 3.8) is 0 Å². The molecule has 0 atom stereocenters. The fraction of sp³-hybridized carbons (Fsp3) is 0. The summed E-state index contributed by atoms with van der Waals surface area (Å²) in [7, 11) is 0. The van der Waals surface area contributed by atoms with E-state index in [2.05, 4.69) is 103 Å². The van der Waals surface area contributed by atoms with E-state index in [4.69, 9.17) is 19.4 Å². The van der Waals surface area contributed by atoms with Gasteiger partial charge in [-0.2, -0.15) is 0 Å². The van der Waals surface area contributed by atoms with Gasteiger partial charge in [0.1, 0.15) is 11.2 Å². The summed E-state index contributed by atoms with van der Waals surface area (Å²) in [4.78, 5) is 15.0. The summed E-state index contributed by atoms with van der Waals surface area (Å²) in [5, 5.41) is 9.36. The predicted molar refractivity (Wildman–Crippen MR) is 201 cm³/mol. The highest BCUT2D eigenvalue weighted by Gasteiger charge is 2.17. The summed E-state index contributed by atoms with van der Waals surface area (Å²) in [6.45, 7) is 0. The Morgan fingerprint density at radius 1 is 0.327 bits per heavy atom. The summed E-state index contributed by atoms with van der Waals surface area (Å²) < 4.78 is 6.44. The van der Waals surface area contributed by atoms with E-state index in [0.29, 0.717) is 17.5 Å². The van der Waals surface area contributed by atoms with Gasteiger partial charge in [0, 0.05) is 32.8 Å². The van der Waals surface area contributed by atoms with Crippen molar-refractivity contribution in [2.75, 3.05) is 0 Å². The lowest BCUT2D eigenvalue weighted by Crippen LogP contribution is -2.00. The standard InChI is InChI=1S/C45H27N3O/c1-3-12-30(13-4-1)43-46-44(31-14-5-2-6-15-31)48-45(47-43)37-20-10-18-35-33(17-9-19-36(35)37)32-24-25-39-38(27-32)42-40(49-39)26-23-29-22-21-28-11-7-8-16-34(28)41(29)42/h1-27H. The van der Waals surface area contributed by atoms with Crippen LogP contribution in [0.2, 0.25) is 0 Å². The van der Waals surface area contributed by atoms with E-state index >= 15 is 0 Å². The third kappa shape index (κ3) is 4.49. The molecule has 0 aliphatic heterocycles. The monoisotopic (exact) mass is 625 g/mol. The zero-order valence-corrected chi connectivity index (χ0v) is 26.3. The molecule has 8 aromatic carbocycles. The number of rotatable bonds is 4. The van der Waals surface area contributed by atoms with Gasteiger partial charge in [-0.15, -0.1) is 0 Å². The van der Waals surface area contributed by atoms with E-state index in [9.17, 15) is 0 Å². The third-order valence-electron chi connectivity index (χ3n) is 9.51. The minimum atomic E-state index is 0.644. The number of aromatic nitrogens is 3. The highest BCUT2D eigenvalue weighted by molar-refractivity contribution is 6.27. The lowest BCUT2D eigenvalue weighted by molar-refractivity contribution is 0.669. The van der Waals surface area contributed by atoms with Gasteiger partial charge >= 0.3 is 0 Å². The smallest absolute Gasteiger partial charge is 0.164 e. The van der Waals surface area contributed by atoms with Crippen molar-refractivity contribution in [2.24, 2.45) is 0 Å². The number of furan rings is 1. The van der Waals surface area contributed by atoms with Crippen molar-refractivity contribution in [2.45, 2.75) is 0 Å². The van der Waals surface area contributed by atoms with Crippen LogP contribution in [-0.2, 0) is 0 Å². The molecule has 0 bridgehead atoms. The van der Waals surface area contributed by atoms with Crippen molar-refractivity contribution in [1.82, 2.24) is 15.0 Å². The summed E-state index contributed by atoms with van der Waals surface area (Å²) in [6, 6.07) is 56.9. The van der Waals surface area contributed by atoms with Crippen LogP contribution >= 0.6 is 0 Å². The average molecular weight is 626 g/mol. The van der Waals surface area contributed by atoms with Crippen LogP contribution in [0.4, 0.5) is 0 Å². The molecule has 49 heavy (non-hydrogen) atoms. The Kier molecular flexibility index (Phi) is 6.15. The molecular weight excluding hydrogens is 599 g/mol. The van der Waals surface area contributed by atoms with Crippen LogP contribution in [0.15, 0.2) is 168 Å². The number of benzene rings is 8. The van der Waals surface area contributed by atoms with Crippen LogP contribution in [0.3, 0.4) is 0 Å². The topological polar surface area (TPSA) is 51.8 Å². The predicted octanol–water partition coefficient (Wildman–Crippen LogP) is 11.9. The SMILES string of the molecule is c1ccc(-c2nc(-c3ccccc3)nc(-c3cccc4c(-c5ccc6oc7ccc8ccc9ccccc9c8c7c6c5)cccc34)n2)cc1. The maximum absolute atomic E-state index is 6.44. The molecule has 4 heteroatoms. The first kappa shape index (κ1) is 27.5. The lowest BCUT2D eigenvalue weighted by atomic mass is 9.93. The molecular formula is C45H27N3O. The quantitative estimate of drug-likeness (QED) is 0.183. The Balaban J connectivity index is 1.18. The first-order chi connectivity index (χ1) is 24.3. The second-order valence-electron chi connectivity index (χ2n) is 12.4. The van der Waals surface area contributed by atoms with Crippen LogP contribution in [0.5, 0.6) is 0 Å². The summed E-state index contributed by atoms with van der Waals surface area (Å²) in [6.07, 6.45) is 0. The lowest BCUT2D eigenvalue weighted by Gasteiger charge is -2.12. The second-order valence-corrected chi connectivity index (χ2v) is 12.4. The van der Waals surface area contributed by atoms with Gasteiger partial charge in [-0.25, -0.2) is 15.0 Å². The first-order valence-corrected chi connectivity index (χ1v) is 16.4. The molecule has 2 aromatic heterocycles. The molecule has 228 valence electrons. The normalized spacial score (nSPS) is 11.7. The van der Waals surface area contributed by atoms with Gasteiger partial charge in [0.2, 0.25) is 0 Å². The fourth-order valence-electron chi connectivity index (χ4n) is 7.22. The maximum Gasteiger partial charge on any atom is 0.164 e. The Morgan fingerprint density at radius 3 is 1.65 bits per heavy atom. The Hall–Kier alpha value is -6.65. The molecule has 0 saturated carbocycles. The molecule has 0 aliphatic carbocycles. The minimum Gasteiger partial charge on any atom is -0.456 e. The van der Waals surface area contributed by atoms with Gasteiger partial charge in [0.05, 0.1) is 0 Å². The van der Waals surface area contributed by atoms with Crippen LogP contribution in [0, 0.1) is 0 Å². The molecule has 0 radical (unpaired) electrons. The van der Waals surface area contributed by atoms with Gasteiger partial charge in [0.25, 0.3) is 0 Å². The summed E-state index contributed by atoms with van der Waals surface area (Å²) in [5.74, 6) is 1.94. The largest absolute Gasteiger partial charge is 0.456 e. The van der Waals surface area contributed by atoms with E-state index < -0.39 is 0 Å². The number of hydrogen-bond donors (Lipinski definition) is 0. The average Bonchev–Trinajstić information content (AvgIpc) is 3.56. The molecule has 4 nitrogen and oxygen atoms in total. The molecule has 2 heterocycles. The highest BCUT2D eigenvalue weighted by Crippen LogP contribution is 2.41. The summed E-state index contributed by atoms with van der Waals surface area (Å²) >= 11 is 0. The van der Waals surface area contributed by atoms with Crippen molar-refractivity contribution in [1.29, 1.82) is 0 Å². The fourth-order valence-corrected chi connectivity index (χ4v) is 7.22. The Bertz CT molecular complexity index is 2820. The molecule has 0 aliphatic rings. The Morgan fingerprint density at radius 2 is 0.898 bits per heavy atom. The van der Waals surface area contributed by atoms with E-state index in [1.54, 1.807) is 0 Å². The van der Waals surface area contributed by atoms with Gasteiger partial charge in [-0.3, -0.25) is 0 Å². The van der Waals surface area contributed by atoms with Crippen molar-refractivity contribution in [3.8, 4) is 45.3 Å². The summed E-state index contributed by atoms with van der Waals surface area (Å²) in [5.41, 5.74) is 6.91. The molecule has 0 unspecified atom stereocenters. The molecule has 10 rings (SSSR count). The van der Waals surface area contributed by atoms with Crippen molar-refractivity contribution >= 4 is 54.3 Å². The van der Waals surface area contributed by atoms with Gasteiger partial charge in [0.15, 0.2) is 17.5 Å². The zero-order valence-electron chi connectivity index (χ0n) is 26.3. The maximum atomic E-state index is 6.44. The molecule has 10 aromatic rings. The van der Waals surface area contributed by atoms with Crippen molar-refractivity contribution < 1.29 is 4.42 Å². The molecule has 0 amide bonds.